The number of unbranched alkanes of at least 4 members (excludes halogenated alkanes) is 24. The highest BCUT2D eigenvalue weighted by Crippen LogP contribution is 2.15. The van der Waals surface area contributed by atoms with E-state index in [2.05, 4.69) is 81.5 Å². The van der Waals surface area contributed by atoms with Gasteiger partial charge in [-0.2, -0.15) is 0 Å². The molecule has 0 bridgehead atoms. The van der Waals surface area contributed by atoms with Crippen LogP contribution in [0.4, 0.5) is 0 Å². The molecule has 1 unspecified atom stereocenters. The quantitative estimate of drug-likeness (QED) is 0.0263. The van der Waals surface area contributed by atoms with E-state index in [0.717, 1.165) is 103 Å². The second kappa shape index (κ2) is 48.8. The zero-order valence-corrected chi connectivity index (χ0v) is 39.5. The molecule has 0 aliphatic rings. The van der Waals surface area contributed by atoms with E-state index in [9.17, 15) is 14.4 Å². The number of hydrogen-bond acceptors (Lipinski definition) is 6. The number of carbonyl (C=O) groups is 3. The summed E-state index contributed by atoms with van der Waals surface area (Å²) < 4.78 is 16.7. The maximum absolute atomic E-state index is 12.8. The monoisotopic (exact) mass is 839 g/mol. The van der Waals surface area contributed by atoms with Crippen LogP contribution in [-0.4, -0.2) is 37.2 Å². The summed E-state index contributed by atoms with van der Waals surface area (Å²) in [6, 6.07) is 0. The van der Waals surface area contributed by atoms with E-state index in [1.54, 1.807) is 0 Å². The molecule has 0 heterocycles. The zero-order valence-electron chi connectivity index (χ0n) is 39.5. The van der Waals surface area contributed by atoms with Crippen molar-refractivity contribution in [2.45, 2.75) is 252 Å². The van der Waals surface area contributed by atoms with Crippen LogP contribution in [0, 0.1) is 0 Å². The van der Waals surface area contributed by atoms with Crippen molar-refractivity contribution >= 4 is 17.9 Å². The first-order chi connectivity index (χ1) is 29.5. The third kappa shape index (κ3) is 46.2. The predicted octanol–water partition coefficient (Wildman–Crippen LogP) is 16.5. The summed E-state index contributed by atoms with van der Waals surface area (Å²) in [6.07, 6.45) is 59.2. The SMILES string of the molecule is CC/C=C\C/C=C\C/C=C\C/C=C\CCCCCCCCC(=O)OCC(COC(=O)CCCCCCC/C=C\CCC)OC(=O)CCCCCCCCCCCCCCC. The van der Waals surface area contributed by atoms with Gasteiger partial charge in [0, 0.05) is 19.3 Å². The van der Waals surface area contributed by atoms with Crippen LogP contribution < -0.4 is 0 Å². The fourth-order valence-corrected chi connectivity index (χ4v) is 6.96. The Balaban J connectivity index is 4.35. The minimum atomic E-state index is -0.779. The highest BCUT2D eigenvalue weighted by Gasteiger charge is 2.19. The lowest BCUT2D eigenvalue weighted by Crippen LogP contribution is -2.30. The zero-order chi connectivity index (χ0) is 43.7. The molecule has 0 saturated heterocycles. The van der Waals surface area contributed by atoms with Crippen LogP contribution in [0.5, 0.6) is 0 Å². The standard InChI is InChI=1S/C54H94O6/c1-4-7-10-13-16-19-22-24-25-26-27-28-29-31-32-35-38-41-44-47-53(56)59-50-51(49-58-52(55)46-43-40-37-34-21-18-15-12-9-6-3)60-54(57)48-45-42-39-36-33-30-23-20-17-14-11-8-5-2/h7,10,12,15-16,19,24-25,27-28,51H,4-6,8-9,11,13-14,17-18,20-23,26,29-50H2,1-3H3/b10-7-,15-12-,19-16-,25-24-,28-27-. The highest BCUT2D eigenvalue weighted by molar-refractivity contribution is 5.71. The van der Waals surface area contributed by atoms with Crippen LogP contribution in [0.1, 0.15) is 245 Å². The number of esters is 3. The molecular weight excluding hydrogens is 745 g/mol. The van der Waals surface area contributed by atoms with E-state index in [1.807, 2.05) is 0 Å². The van der Waals surface area contributed by atoms with Crippen molar-refractivity contribution in [2.75, 3.05) is 13.2 Å². The van der Waals surface area contributed by atoms with Crippen molar-refractivity contribution in [3.63, 3.8) is 0 Å². The molecule has 0 amide bonds. The first-order valence-electron chi connectivity index (χ1n) is 25.3. The van der Waals surface area contributed by atoms with Gasteiger partial charge in [0.1, 0.15) is 13.2 Å². The van der Waals surface area contributed by atoms with Gasteiger partial charge in [-0.3, -0.25) is 14.4 Å². The number of allylic oxidation sites excluding steroid dienone is 10. The van der Waals surface area contributed by atoms with E-state index in [-0.39, 0.29) is 31.1 Å². The predicted molar refractivity (Wildman–Crippen MR) is 256 cm³/mol. The van der Waals surface area contributed by atoms with Crippen LogP contribution in [0.25, 0.3) is 0 Å². The molecule has 0 aromatic carbocycles. The Morgan fingerprint density at radius 3 is 1.10 bits per heavy atom. The van der Waals surface area contributed by atoms with E-state index in [1.165, 1.54) is 103 Å². The summed E-state index contributed by atoms with van der Waals surface area (Å²) in [7, 11) is 0. The molecule has 0 aromatic heterocycles. The number of rotatable bonds is 45. The fraction of sp³-hybridized carbons (Fsp3) is 0.759. The summed E-state index contributed by atoms with van der Waals surface area (Å²) in [4.78, 5) is 37.9. The second-order valence-corrected chi connectivity index (χ2v) is 16.7. The van der Waals surface area contributed by atoms with Gasteiger partial charge in [0.2, 0.25) is 0 Å². The fourth-order valence-electron chi connectivity index (χ4n) is 6.96. The van der Waals surface area contributed by atoms with Gasteiger partial charge < -0.3 is 14.2 Å². The largest absolute Gasteiger partial charge is 0.462 e. The van der Waals surface area contributed by atoms with Crippen molar-refractivity contribution < 1.29 is 28.6 Å². The normalized spacial score (nSPS) is 12.5. The van der Waals surface area contributed by atoms with Gasteiger partial charge in [0.25, 0.3) is 0 Å². The van der Waals surface area contributed by atoms with Crippen LogP contribution in [-0.2, 0) is 28.6 Å². The van der Waals surface area contributed by atoms with Crippen LogP contribution in [0.2, 0.25) is 0 Å². The Bertz CT molecular complexity index is 1100. The molecule has 0 spiro atoms. The number of ether oxygens (including phenoxy) is 3. The summed E-state index contributed by atoms with van der Waals surface area (Å²) >= 11 is 0. The van der Waals surface area contributed by atoms with Crippen molar-refractivity contribution in [2.24, 2.45) is 0 Å². The molecule has 6 nitrogen and oxygen atoms in total. The van der Waals surface area contributed by atoms with Crippen LogP contribution in [0.3, 0.4) is 0 Å². The van der Waals surface area contributed by atoms with Crippen molar-refractivity contribution in [3.8, 4) is 0 Å². The lowest BCUT2D eigenvalue weighted by Gasteiger charge is -2.18. The molecular formula is C54H94O6. The highest BCUT2D eigenvalue weighted by atomic mass is 16.6. The Morgan fingerprint density at radius 1 is 0.350 bits per heavy atom. The van der Waals surface area contributed by atoms with E-state index in [4.69, 9.17) is 14.2 Å². The molecule has 0 rings (SSSR count). The van der Waals surface area contributed by atoms with E-state index < -0.39 is 6.10 Å². The summed E-state index contributed by atoms with van der Waals surface area (Å²) in [5, 5.41) is 0. The second-order valence-electron chi connectivity index (χ2n) is 16.7. The van der Waals surface area contributed by atoms with Crippen molar-refractivity contribution in [3.05, 3.63) is 60.8 Å². The molecule has 0 aliphatic carbocycles. The molecule has 6 heteroatoms. The smallest absolute Gasteiger partial charge is 0.306 e. The Morgan fingerprint density at radius 2 is 0.683 bits per heavy atom. The van der Waals surface area contributed by atoms with Crippen molar-refractivity contribution in [1.82, 2.24) is 0 Å². The minimum Gasteiger partial charge on any atom is -0.462 e. The topological polar surface area (TPSA) is 78.9 Å². The van der Waals surface area contributed by atoms with Crippen LogP contribution in [0.15, 0.2) is 60.8 Å². The molecule has 0 aliphatic heterocycles. The molecule has 0 saturated carbocycles. The third-order valence-corrected chi connectivity index (χ3v) is 10.7. The minimum absolute atomic E-state index is 0.0819. The number of carbonyl (C=O) groups excluding carboxylic acids is 3. The molecule has 0 N–H and O–H groups in total. The third-order valence-electron chi connectivity index (χ3n) is 10.7. The molecule has 0 fully saturated rings. The molecule has 0 radical (unpaired) electrons. The molecule has 0 aromatic rings. The lowest BCUT2D eigenvalue weighted by molar-refractivity contribution is -0.167. The van der Waals surface area contributed by atoms with E-state index in [0.29, 0.717) is 19.3 Å². The molecule has 1 atom stereocenters. The van der Waals surface area contributed by atoms with Crippen molar-refractivity contribution in [1.29, 1.82) is 0 Å². The van der Waals surface area contributed by atoms with Gasteiger partial charge in [-0.05, 0) is 77.0 Å². The average Bonchev–Trinajstić information content (AvgIpc) is 3.24. The van der Waals surface area contributed by atoms with Gasteiger partial charge >= 0.3 is 17.9 Å². The maximum atomic E-state index is 12.8. The van der Waals surface area contributed by atoms with Gasteiger partial charge in [-0.1, -0.05) is 210 Å². The Labute approximate surface area is 370 Å². The Kier molecular flexibility index (Phi) is 46.4. The summed E-state index contributed by atoms with van der Waals surface area (Å²) in [5.74, 6) is -0.902. The molecule has 60 heavy (non-hydrogen) atoms. The van der Waals surface area contributed by atoms with Gasteiger partial charge in [-0.15, -0.1) is 0 Å². The summed E-state index contributed by atoms with van der Waals surface area (Å²) in [6.45, 7) is 6.45. The Hall–Kier alpha value is -2.89. The maximum Gasteiger partial charge on any atom is 0.306 e. The van der Waals surface area contributed by atoms with Crippen LogP contribution >= 0.6 is 0 Å². The average molecular weight is 839 g/mol. The van der Waals surface area contributed by atoms with Gasteiger partial charge in [0.05, 0.1) is 0 Å². The van der Waals surface area contributed by atoms with Gasteiger partial charge in [0.15, 0.2) is 6.10 Å². The first-order valence-corrected chi connectivity index (χ1v) is 25.3. The molecule has 346 valence electrons. The van der Waals surface area contributed by atoms with E-state index >= 15 is 0 Å². The first kappa shape index (κ1) is 57.1. The number of hydrogen-bond donors (Lipinski definition) is 0. The van der Waals surface area contributed by atoms with Gasteiger partial charge in [-0.25, -0.2) is 0 Å². The lowest BCUT2D eigenvalue weighted by atomic mass is 10.0. The summed E-state index contributed by atoms with van der Waals surface area (Å²) in [5.41, 5.74) is 0.